The smallest absolute Gasteiger partial charge is 0.328 e. The van der Waals surface area contributed by atoms with E-state index in [2.05, 4.69) is 16.0 Å². The number of carbonyl (C=O) groups excluding carboxylic acids is 4. The predicted octanol–water partition coefficient (Wildman–Crippen LogP) is 3.44. The van der Waals surface area contributed by atoms with Crippen LogP contribution >= 0.6 is 0 Å². The molecule has 3 rings (SSSR count). The van der Waals surface area contributed by atoms with Gasteiger partial charge in [-0.05, 0) is 49.2 Å². The summed E-state index contributed by atoms with van der Waals surface area (Å²) in [7, 11) is 1.23. The van der Waals surface area contributed by atoms with Crippen LogP contribution in [0.5, 0.6) is 0 Å². The number of benzene rings is 3. The van der Waals surface area contributed by atoms with Gasteiger partial charge < -0.3 is 20.7 Å². The van der Waals surface area contributed by atoms with Crippen LogP contribution in [-0.4, -0.2) is 36.8 Å². The van der Waals surface area contributed by atoms with E-state index in [4.69, 9.17) is 4.74 Å². The Hall–Kier alpha value is -4.72. The molecule has 0 aromatic heterocycles. The predicted molar refractivity (Wildman–Crippen MR) is 135 cm³/mol. The van der Waals surface area contributed by atoms with E-state index in [1.165, 1.54) is 13.3 Å². The standard InChI is InChI=1S/C28H27N3O5/c1-36-28(35)24(31-27(34)22-15-9-4-10-16-22)18-17-23(30-26(33)21-13-7-3-8-14-21)19-29-25(32)20-11-5-2-6-12-20/h2-16,19,24H,17-18H2,1H3,(H,29,32)(H,30,33)(H,31,34)/b23-19+/t24-/m0/s1. The first-order chi connectivity index (χ1) is 17.5. The molecule has 0 radical (unpaired) electrons. The maximum absolute atomic E-state index is 12.7. The molecule has 0 saturated heterocycles. The van der Waals surface area contributed by atoms with Crippen LogP contribution in [0.1, 0.15) is 43.9 Å². The number of nitrogens with one attached hydrogen (secondary N) is 3. The first kappa shape index (κ1) is 25.9. The van der Waals surface area contributed by atoms with Gasteiger partial charge in [0.25, 0.3) is 17.7 Å². The number of ether oxygens (including phenoxy) is 1. The van der Waals surface area contributed by atoms with Gasteiger partial charge >= 0.3 is 5.97 Å². The topological polar surface area (TPSA) is 114 Å². The van der Waals surface area contributed by atoms with E-state index in [-0.39, 0.29) is 24.7 Å². The van der Waals surface area contributed by atoms with Gasteiger partial charge in [0.2, 0.25) is 0 Å². The number of hydrogen-bond acceptors (Lipinski definition) is 5. The normalized spacial score (nSPS) is 11.6. The molecule has 1 atom stereocenters. The second-order valence-electron chi connectivity index (χ2n) is 7.78. The molecule has 0 heterocycles. The van der Waals surface area contributed by atoms with Gasteiger partial charge in [0.15, 0.2) is 0 Å². The SMILES string of the molecule is COC(=O)[C@H](CC/C(=C\NC(=O)c1ccccc1)NC(=O)c1ccccc1)NC(=O)c1ccccc1. The van der Waals surface area contributed by atoms with Crippen LogP contribution in [0.3, 0.4) is 0 Å². The Morgan fingerprint density at radius 2 is 1.19 bits per heavy atom. The van der Waals surface area contributed by atoms with Crippen LogP contribution in [0.15, 0.2) is 103 Å². The Balaban J connectivity index is 1.75. The molecule has 8 heteroatoms. The fourth-order valence-electron chi connectivity index (χ4n) is 3.33. The van der Waals surface area contributed by atoms with E-state index in [0.29, 0.717) is 22.4 Å². The third-order valence-electron chi connectivity index (χ3n) is 5.25. The summed E-state index contributed by atoms with van der Waals surface area (Å²) in [5.74, 6) is -1.79. The molecule has 8 nitrogen and oxygen atoms in total. The van der Waals surface area contributed by atoms with E-state index in [0.717, 1.165) is 0 Å². The summed E-state index contributed by atoms with van der Waals surface area (Å²) in [6.45, 7) is 0. The molecule has 0 spiro atoms. The summed E-state index contributed by atoms with van der Waals surface area (Å²) < 4.78 is 4.86. The van der Waals surface area contributed by atoms with Crippen molar-refractivity contribution in [2.24, 2.45) is 0 Å². The Labute approximate surface area is 209 Å². The summed E-state index contributed by atoms with van der Waals surface area (Å²) in [5, 5.41) is 8.12. The van der Waals surface area contributed by atoms with E-state index in [1.54, 1.807) is 91.0 Å². The highest BCUT2D eigenvalue weighted by Gasteiger charge is 2.23. The molecular weight excluding hydrogens is 458 g/mol. The summed E-state index contributed by atoms with van der Waals surface area (Å²) in [4.78, 5) is 50.2. The van der Waals surface area contributed by atoms with Crippen molar-refractivity contribution < 1.29 is 23.9 Å². The van der Waals surface area contributed by atoms with Gasteiger partial charge in [0.05, 0.1) is 7.11 Å². The van der Waals surface area contributed by atoms with Crippen LogP contribution in [-0.2, 0) is 9.53 Å². The van der Waals surface area contributed by atoms with Crippen molar-refractivity contribution >= 4 is 23.7 Å². The van der Waals surface area contributed by atoms with Crippen LogP contribution in [0.2, 0.25) is 0 Å². The molecule has 0 fully saturated rings. The molecule has 0 aliphatic rings. The van der Waals surface area contributed by atoms with Crippen molar-refractivity contribution in [3.63, 3.8) is 0 Å². The van der Waals surface area contributed by atoms with Crippen molar-refractivity contribution in [1.29, 1.82) is 0 Å². The molecule has 0 bridgehead atoms. The molecular formula is C28H27N3O5. The minimum Gasteiger partial charge on any atom is -0.467 e. The molecule has 3 amide bonds. The van der Waals surface area contributed by atoms with E-state index in [9.17, 15) is 19.2 Å². The van der Waals surface area contributed by atoms with Gasteiger partial charge in [-0.2, -0.15) is 0 Å². The third-order valence-corrected chi connectivity index (χ3v) is 5.25. The average Bonchev–Trinajstić information content (AvgIpc) is 2.94. The van der Waals surface area contributed by atoms with Gasteiger partial charge in [-0.25, -0.2) is 4.79 Å². The van der Waals surface area contributed by atoms with E-state index in [1.807, 2.05) is 0 Å². The number of allylic oxidation sites excluding steroid dienone is 1. The Morgan fingerprint density at radius 1 is 0.722 bits per heavy atom. The fourth-order valence-corrected chi connectivity index (χ4v) is 3.33. The van der Waals surface area contributed by atoms with Gasteiger partial charge in [-0.15, -0.1) is 0 Å². The quantitative estimate of drug-likeness (QED) is 0.381. The average molecular weight is 486 g/mol. The molecule has 184 valence electrons. The van der Waals surface area contributed by atoms with Crippen molar-refractivity contribution in [3.05, 3.63) is 120 Å². The zero-order valence-corrected chi connectivity index (χ0v) is 19.8. The highest BCUT2D eigenvalue weighted by molar-refractivity contribution is 5.97. The van der Waals surface area contributed by atoms with E-state index >= 15 is 0 Å². The lowest BCUT2D eigenvalue weighted by atomic mass is 10.1. The number of carbonyl (C=O) groups is 4. The first-order valence-corrected chi connectivity index (χ1v) is 11.3. The number of esters is 1. The van der Waals surface area contributed by atoms with Gasteiger partial charge in [-0.1, -0.05) is 54.6 Å². The molecule has 36 heavy (non-hydrogen) atoms. The molecule has 3 aromatic rings. The first-order valence-electron chi connectivity index (χ1n) is 11.3. The van der Waals surface area contributed by atoms with Crippen molar-refractivity contribution in [3.8, 4) is 0 Å². The molecule has 0 aliphatic carbocycles. The number of amides is 3. The maximum atomic E-state index is 12.7. The summed E-state index contributed by atoms with van der Waals surface area (Å²) in [6.07, 6.45) is 1.67. The van der Waals surface area contributed by atoms with Gasteiger partial charge in [0, 0.05) is 28.6 Å². The highest BCUT2D eigenvalue weighted by Crippen LogP contribution is 2.10. The number of hydrogen-bond donors (Lipinski definition) is 3. The molecule has 3 aromatic carbocycles. The monoisotopic (exact) mass is 485 g/mol. The van der Waals surface area contributed by atoms with Gasteiger partial charge in [0.1, 0.15) is 6.04 Å². The minimum atomic E-state index is -0.968. The van der Waals surface area contributed by atoms with Crippen LogP contribution < -0.4 is 16.0 Å². The zero-order chi connectivity index (χ0) is 25.8. The number of rotatable bonds is 10. The highest BCUT2D eigenvalue weighted by atomic mass is 16.5. The third kappa shape index (κ3) is 7.66. The van der Waals surface area contributed by atoms with Crippen LogP contribution in [0.4, 0.5) is 0 Å². The van der Waals surface area contributed by atoms with Crippen molar-refractivity contribution in [2.75, 3.05) is 7.11 Å². The second-order valence-corrected chi connectivity index (χ2v) is 7.78. The lowest BCUT2D eigenvalue weighted by Gasteiger charge is -2.18. The van der Waals surface area contributed by atoms with Crippen LogP contribution in [0, 0.1) is 0 Å². The maximum Gasteiger partial charge on any atom is 0.328 e. The largest absolute Gasteiger partial charge is 0.467 e. The summed E-state index contributed by atoms with van der Waals surface area (Å²) >= 11 is 0. The second kappa shape index (κ2) is 13.2. The van der Waals surface area contributed by atoms with Crippen molar-refractivity contribution in [2.45, 2.75) is 18.9 Å². The van der Waals surface area contributed by atoms with E-state index < -0.39 is 17.9 Å². The lowest BCUT2D eigenvalue weighted by Crippen LogP contribution is -2.42. The van der Waals surface area contributed by atoms with Crippen LogP contribution in [0.25, 0.3) is 0 Å². The Bertz CT molecular complexity index is 1210. The summed E-state index contributed by atoms with van der Waals surface area (Å²) in [6, 6.07) is 24.7. The van der Waals surface area contributed by atoms with Gasteiger partial charge in [-0.3, -0.25) is 14.4 Å². The number of methoxy groups -OCH3 is 1. The Kier molecular flexibility index (Phi) is 9.52. The zero-order valence-electron chi connectivity index (χ0n) is 19.8. The summed E-state index contributed by atoms with van der Waals surface area (Å²) in [5.41, 5.74) is 1.63. The molecule has 0 saturated carbocycles. The molecule has 0 aliphatic heterocycles. The lowest BCUT2D eigenvalue weighted by molar-refractivity contribution is -0.143. The fraction of sp³-hybridized carbons (Fsp3) is 0.143. The minimum absolute atomic E-state index is 0.118. The van der Waals surface area contributed by atoms with Crippen molar-refractivity contribution in [1.82, 2.24) is 16.0 Å². The Morgan fingerprint density at radius 3 is 1.69 bits per heavy atom. The molecule has 0 unspecified atom stereocenters. The molecule has 3 N–H and O–H groups in total.